The van der Waals surface area contributed by atoms with E-state index in [2.05, 4.69) is 15.6 Å². The van der Waals surface area contributed by atoms with E-state index in [0.717, 1.165) is 5.56 Å². The highest BCUT2D eigenvalue weighted by atomic mass is 16.5. The summed E-state index contributed by atoms with van der Waals surface area (Å²) in [7, 11) is 0. The van der Waals surface area contributed by atoms with E-state index in [0.29, 0.717) is 22.3 Å². The molecule has 0 aliphatic carbocycles. The number of nitrogens with one attached hydrogen (secondary N) is 2. The Hall–Kier alpha value is -3.35. The lowest BCUT2D eigenvalue weighted by molar-refractivity contribution is 0.0948. The van der Waals surface area contributed by atoms with E-state index in [4.69, 9.17) is 0 Å². The molecule has 0 fully saturated rings. The summed E-state index contributed by atoms with van der Waals surface area (Å²) >= 11 is 0. The van der Waals surface area contributed by atoms with Crippen LogP contribution in [0, 0.1) is 0 Å². The Bertz CT molecular complexity index is 998. The Balaban J connectivity index is 1.97. The van der Waals surface area contributed by atoms with Crippen LogP contribution in [0.3, 0.4) is 0 Å². The van der Waals surface area contributed by atoms with Gasteiger partial charge < -0.3 is 15.8 Å². The number of anilines is 1. The van der Waals surface area contributed by atoms with E-state index in [-0.39, 0.29) is 17.3 Å². The standard InChI is InChI=1S/C17H14N4O3/c22-16-13-14(11-7-4-8-18-15(11)21(24)17(13)23)20-12(9-19-16)10-5-2-1-3-6-10/h1-8,12,20,24H,9H2,(H,19,22)/t12-/m1/s1. The van der Waals surface area contributed by atoms with Crippen LogP contribution in [-0.4, -0.2) is 27.4 Å². The minimum Gasteiger partial charge on any atom is -0.423 e. The van der Waals surface area contributed by atoms with Crippen molar-refractivity contribution < 1.29 is 10.0 Å². The predicted molar refractivity (Wildman–Crippen MR) is 88.3 cm³/mol. The Labute approximate surface area is 136 Å². The van der Waals surface area contributed by atoms with Crippen molar-refractivity contribution in [2.45, 2.75) is 6.04 Å². The molecule has 1 aromatic carbocycles. The summed E-state index contributed by atoms with van der Waals surface area (Å²) in [5, 5.41) is 16.6. The molecule has 2 aromatic heterocycles. The van der Waals surface area contributed by atoms with Crippen molar-refractivity contribution in [3.63, 3.8) is 0 Å². The van der Waals surface area contributed by atoms with Gasteiger partial charge >= 0.3 is 0 Å². The van der Waals surface area contributed by atoms with Crippen molar-refractivity contribution in [1.82, 2.24) is 15.0 Å². The van der Waals surface area contributed by atoms with Crippen LogP contribution in [-0.2, 0) is 0 Å². The van der Waals surface area contributed by atoms with Crippen LogP contribution in [0.5, 0.6) is 0 Å². The maximum absolute atomic E-state index is 12.4. The molecule has 0 unspecified atom stereocenters. The SMILES string of the molecule is O=C1NC[C@H](c2ccccc2)Nc2c1c(=O)n(O)c1ncccc21. The van der Waals surface area contributed by atoms with Crippen molar-refractivity contribution in [1.29, 1.82) is 0 Å². The summed E-state index contributed by atoms with van der Waals surface area (Å²) in [5.74, 6) is -0.519. The lowest BCUT2D eigenvalue weighted by atomic mass is 10.1. The fraction of sp³-hybridized carbons (Fsp3) is 0.118. The number of aromatic nitrogens is 2. The maximum Gasteiger partial charge on any atom is 0.299 e. The first kappa shape index (κ1) is 14.3. The van der Waals surface area contributed by atoms with Gasteiger partial charge in [0.25, 0.3) is 11.5 Å². The highest BCUT2D eigenvalue weighted by molar-refractivity contribution is 6.07. The third-order valence-corrected chi connectivity index (χ3v) is 4.13. The average Bonchev–Trinajstić information content (AvgIpc) is 2.80. The molecule has 1 atom stereocenters. The molecular weight excluding hydrogens is 308 g/mol. The zero-order chi connectivity index (χ0) is 16.7. The molecule has 0 radical (unpaired) electrons. The van der Waals surface area contributed by atoms with Crippen molar-refractivity contribution in [3.05, 3.63) is 70.1 Å². The molecule has 1 aliphatic rings. The molecule has 0 saturated carbocycles. The zero-order valence-electron chi connectivity index (χ0n) is 12.6. The topological polar surface area (TPSA) is 96.2 Å². The Kier molecular flexibility index (Phi) is 3.19. The molecular formula is C17H14N4O3. The first-order valence-corrected chi connectivity index (χ1v) is 7.49. The third-order valence-electron chi connectivity index (χ3n) is 4.13. The van der Waals surface area contributed by atoms with Gasteiger partial charge in [0.15, 0.2) is 5.65 Å². The van der Waals surface area contributed by atoms with Gasteiger partial charge in [0, 0.05) is 18.1 Å². The smallest absolute Gasteiger partial charge is 0.299 e. The molecule has 1 aliphatic heterocycles. The molecule has 7 nitrogen and oxygen atoms in total. The van der Waals surface area contributed by atoms with E-state index in [1.165, 1.54) is 6.20 Å². The second-order valence-corrected chi connectivity index (χ2v) is 5.56. The number of hydrogen-bond donors (Lipinski definition) is 3. The molecule has 3 heterocycles. The van der Waals surface area contributed by atoms with Crippen molar-refractivity contribution in [2.75, 3.05) is 11.9 Å². The van der Waals surface area contributed by atoms with E-state index in [1.807, 2.05) is 30.3 Å². The van der Waals surface area contributed by atoms with E-state index >= 15 is 0 Å². The number of hydrogen-bond acceptors (Lipinski definition) is 5. The number of rotatable bonds is 1. The molecule has 0 saturated heterocycles. The van der Waals surface area contributed by atoms with Crippen molar-refractivity contribution in [2.24, 2.45) is 0 Å². The van der Waals surface area contributed by atoms with Crippen LogP contribution in [0.15, 0.2) is 53.5 Å². The number of pyridine rings is 2. The van der Waals surface area contributed by atoms with Crippen LogP contribution in [0.2, 0.25) is 0 Å². The van der Waals surface area contributed by atoms with Crippen LogP contribution in [0.4, 0.5) is 5.69 Å². The van der Waals surface area contributed by atoms with Gasteiger partial charge in [-0.05, 0) is 17.7 Å². The zero-order valence-corrected chi connectivity index (χ0v) is 12.6. The Morgan fingerprint density at radius 1 is 1.12 bits per heavy atom. The van der Waals surface area contributed by atoms with Gasteiger partial charge in [-0.25, -0.2) is 4.98 Å². The van der Waals surface area contributed by atoms with E-state index in [9.17, 15) is 14.8 Å². The predicted octanol–water partition coefficient (Wildman–Crippen LogP) is 1.53. The average molecular weight is 322 g/mol. The van der Waals surface area contributed by atoms with Gasteiger partial charge in [0.05, 0.1) is 11.7 Å². The molecule has 3 N–H and O–H groups in total. The summed E-state index contributed by atoms with van der Waals surface area (Å²) in [6.07, 6.45) is 1.48. The molecule has 0 bridgehead atoms. The number of benzene rings is 1. The lowest BCUT2D eigenvalue weighted by Gasteiger charge is -2.19. The van der Waals surface area contributed by atoms with Gasteiger partial charge in [-0.1, -0.05) is 30.3 Å². The largest absolute Gasteiger partial charge is 0.423 e. The minimum absolute atomic E-state index is 0.107. The first-order valence-electron chi connectivity index (χ1n) is 7.49. The molecule has 3 aromatic rings. The van der Waals surface area contributed by atoms with Crippen molar-refractivity contribution >= 4 is 22.6 Å². The van der Waals surface area contributed by atoms with Gasteiger partial charge in [0.2, 0.25) is 0 Å². The van der Waals surface area contributed by atoms with E-state index in [1.54, 1.807) is 12.1 Å². The molecule has 4 rings (SSSR count). The second kappa shape index (κ2) is 5.38. The monoisotopic (exact) mass is 322 g/mol. The van der Waals surface area contributed by atoms with Gasteiger partial charge in [-0.2, -0.15) is 0 Å². The van der Waals surface area contributed by atoms with Crippen LogP contribution in [0.1, 0.15) is 22.0 Å². The molecule has 120 valence electrons. The maximum atomic E-state index is 12.4. The van der Waals surface area contributed by atoms with Crippen LogP contribution >= 0.6 is 0 Å². The summed E-state index contributed by atoms with van der Waals surface area (Å²) < 4.78 is 0.415. The second-order valence-electron chi connectivity index (χ2n) is 5.56. The Morgan fingerprint density at radius 2 is 1.92 bits per heavy atom. The Morgan fingerprint density at radius 3 is 2.71 bits per heavy atom. The van der Waals surface area contributed by atoms with E-state index < -0.39 is 11.5 Å². The quantitative estimate of drug-likeness (QED) is 0.591. The summed E-state index contributed by atoms with van der Waals surface area (Å²) in [5.41, 5.74) is 0.565. The summed E-state index contributed by atoms with van der Waals surface area (Å²) in [6, 6.07) is 12.8. The molecule has 0 spiro atoms. The number of amides is 1. The van der Waals surface area contributed by atoms with Crippen molar-refractivity contribution in [3.8, 4) is 0 Å². The molecule has 24 heavy (non-hydrogen) atoms. The number of fused-ring (bicyclic) bond motifs is 3. The van der Waals surface area contributed by atoms with Crippen LogP contribution in [0.25, 0.3) is 11.0 Å². The first-order chi connectivity index (χ1) is 11.7. The number of carbonyl (C=O) groups excluding carboxylic acids is 1. The number of nitrogens with zero attached hydrogens (tertiary/aromatic N) is 2. The number of carbonyl (C=O) groups is 1. The fourth-order valence-electron chi connectivity index (χ4n) is 2.96. The fourth-order valence-corrected chi connectivity index (χ4v) is 2.96. The minimum atomic E-state index is -0.796. The highest BCUT2D eigenvalue weighted by Gasteiger charge is 2.28. The van der Waals surface area contributed by atoms with Crippen LogP contribution < -0.4 is 16.2 Å². The molecule has 1 amide bonds. The van der Waals surface area contributed by atoms with Gasteiger partial charge in [-0.3, -0.25) is 9.59 Å². The molecule has 7 heteroatoms. The normalized spacial score (nSPS) is 16.8. The van der Waals surface area contributed by atoms with Gasteiger partial charge in [0.1, 0.15) is 5.56 Å². The lowest BCUT2D eigenvalue weighted by Crippen LogP contribution is -2.32. The highest BCUT2D eigenvalue weighted by Crippen LogP contribution is 2.29. The van der Waals surface area contributed by atoms with Gasteiger partial charge in [-0.15, -0.1) is 4.73 Å². The summed E-state index contributed by atoms with van der Waals surface area (Å²) in [6.45, 7) is 0.324. The summed E-state index contributed by atoms with van der Waals surface area (Å²) in [4.78, 5) is 28.9. The third kappa shape index (κ3) is 2.10.